The Morgan fingerprint density at radius 3 is 2.07 bits per heavy atom. The zero-order valence-electron chi connectivity index (χ0n) is 21.6. The molecule has 0 fully saturated rings. The number of rotatable bonds is 5. The van der Waals surface area contributed by atoms with E-state index < -0.39 is 0 Å². The fraction of sp³-hybridized carbons (Fsp3) is 0.0303. The predicted molar refractivity (Wildman–Crippen MR) is 164 cm³/mol. The maximum absolute atomic E-state index is 6.68. The molecular weight excluding hydrogens is 730 g/mol. The second-order valence-corrected chi connectivity index (χ2v) is 11.6. The SMILES string of the molecule is CN1C=CN(c2[c-]c(Oc3[c-]c(Oc4ccccn4)cc4c3sc3ccccc34)cc3c2sc2ccccc23)[CH-]1.[Pt]. The van der Waals surface area contributed by atoms with Crippen molar-refractivity contribution < 1.29 is 30.5 Å². The van der Waals surface area contributed by atoms with Crippen molar-refractivity contribution in [3.8, 4) is 23.1 Å². The van der Waals surface area contributed by atoms with Crippen molar-refractivity contribution in [1.29, 1.82) is 0 Å². The van der Waals surface area contributed by atoms with Gasteiger partial charge >= 0.3 is 0 Å². The molecule has 204 valence electrons. The van der Waals surface area contributed by atoms with Crippen LogP contribution in [-0.4, -0.2) is 16.9 Å². The third-order valence-electron chi connectivity index (χ3n) is 6.81. The molecule has 1 aliphatic rings. The zero-order valence-corrected chi connectivity index (χ0v) is 25.5. The first-order valence-corrected chi connectivity index (χ1v) is 14.4. The van der Waals surface area contributed by atoms with Crippen LogP contribution in [0.3, 0.4) is 0 Å². The van der Waals surface area contributed by atoms with Gasteiger partial charge in [-0.25, -0.2) is 27.7 Å². The third kappa shape index (κ3) is 4.64. The predicted octanol–water partition coefficient (Wildman–Crippen LogP) is 9.34. The summed E-state index contributed by atoms with van der Waals surface area (Å²) in [5.74, 6) is 2.27. The minimum atomic E-state index is 0. The number of fused-ring (bicyclic) bond motifs is 6. The van der Waals surface area contributed by atoms with E-state index in [-0.39, 0.29) is 21.1 Å². The second-order valence-electron chi connectivity index (χ2n) is 9.49. The van der Waals surface area contributed by atoms with Gasteiger partial charge in [0, 0.05) is 60.0 Å². The van der Waals surface area contributed by atoms with Gasteiger partial charge in [0.25, 0.3) is 0 Å². The van der Waals surface area contributed by atoms with Crippen LogP contribution in [0.1, 0.15) is 0 Å². The summed E-state index contributed by atoms with van der Waals surface area (Å²) in [4.78, 5) is 8.44. The molecule has 4 heterocycles. The van der Waals surface area contributed by atoms with Crippen molar-refractivity contribution in [1.82, 2.24) is 9.88 Å². The smallest absolute Gasteiger partial charge is 0.216 e. The van der Waals surface area contributed by atoms with Crippen molar-refractivity contribution in [3.63, 3.8) is 0 Å². The summed E-state index contributed by atoms with van der Waals surface area (Å²) in [6.45, 7) is 2.04. The van der Waals surface area contributed by atoms with Crippen LogP contribution in [0.15, 0.2) is 97.5 Å². The van der Waals surface area contributed by atoms with Gasteiger partial charge in [-0.05, 0) is 53.1 Å². The number of hydrogen-bond donors (Lipinski definition) is 0. The van der Waals surface area contributed by atoms with Crippen LogP contribution in [0, 0.1) is 18.8 Å². The summed E-state index contributed by atoms with van der Waals surface area (Å²) in [6, 6.07) is 33.5. The van der Waals surface area contributed by atoms with Crippen molar-refractivity contribution >= 4 is 68.7 Å². The Hall–Kier alpha value is -3.90. The molecule has 7 aromatic rings. The summed E-state index contributed by atoms with van der Waals surface area (Å²) < 4.78 is 17.4. The van der Waals surface area contributed by atoms with Crippen LogP contribution < -0.4 is 14.4 Å². The molecule has 3 aromatic heterocycles. The molecule has 4 aromatic carbocycles. The van der Waals surface area contributed by atoms with Crippen LogP contribution in [0.4, 0.5) is 5.69 Å². The van der Waals surface area contributed by atoms with Crippen molar-refractivity contribution in [2.75, 3.05) is 11.9 Å². The number of hydrogen-bond acceptors (Lipinski definition) is 7. The first kappa shape index (κ1) is 26.0. The largest absolute Gasteiger partial charge is 0.510 e. The molecule has 0 saturated carbocycles. The Kier molecular flexibility index (Phi) is 6.66. The first-order chi connectivity index (χ1) is 19.7. The Morgan fingerprint density at radius 1 is 0.732 bits per heavy atom. The molecule has 0 saturated heterocycles. The molecule has 0 atom stereocenters. The fourth-order valence-electron chi connectivity index (χ4n) is 5.01. The van der Waals surface area contributed by atoms with E-state index in [0.29, 0.717) is 23.1 Å². The average molecular weight is 750 g/mol. The Labute approximate surface area is 259 Å². The van der Waals surface area contributed by atoms with Gasteiger partial charge in [0.1, 0.15) is 0 Å². The number of thiophene rings is 2. The summed E-state index contributed by atoms with van der Waals surface area (Å²) >= 11 is 3.45. The molecule has 0 N–H and O–H groups in total. The van der Waals surface area contributed by atoms with E-state index >= 15 is 0 Å². The molecule has 0 radical (unpaired) electrons. The molecule has 8 heteroatoms. The molecule has 1 aliphatic heterocycles. The van der Waals surface area contributed by atoms with E-state index in [1.54, 1.807) is 28.9 Å². The standard InChI is InChI=1S/C33H20N3O2S2.Pt/c1-35-14-15-36(20-35)27-18-21(16-25-23-8-2-4-10-29(23)39-32(25)27)37-28-19-22(38-31-12-6-7-13-34-31)17-26-24-9-3-5-11-30(24)40-33(26)28;/h2-17,20H,1H3;/q-3;. The normalized spacial score (nSPS) is 13.0. The van der Waals surface area contributed by atoms with Crippen LogP contribution in [0.2, 0.25) is 0 Å². The zero-order chi connectivity index (χ0) is 26.6. The molecule has 41 heavy (non-hydrogen) atoms. The maximum Gasteiger partial charge on any atom is 0.216 e. The number of aromatic nitrogens is 1. The van der Waals surface area contributed by atoms with Crippen molar-refractivity contribution in [2.24, 2.45) is 0 Å². The van der Waals surface area contributed by atoms with Crippen LogP contribution in [0.5, 0.6) is 23.1 Å². The minimum absolute atomic E-state index is 0. The second kappa shape index (κ2) is 10.5. The van der Waals surface area contributed by atoms with E-state index in [4.69, 9.17) is 9.47 Å². The Morgan fingerprint density at radius 2 is 1.39 bits per heavy atom. The van der Waals surface area contributed by atoms with Crippen LogP contribution >= 0.6 is 22.7 Å². The summed E-state index contributed by atoms with van der Waals surface area (Å²) in [7, 11) is 2.01. The molecule has 5 nitrogen and oxygen atoms in total. The number of benzene rings is 4. The van der Waals surface area contributed by atoms with Crippen LogP contribution in [-0.2, 0) is 21.1 Å². The van der Waals surface area contributed by atoms with Gasteiger partial charge in [-0.1, -0.05) is 58.9 Å². The van der Waals surface area contributed by atoms with E-state index in [1.165, 1.54) is 14.8 Å². The number of ether oxygens (including phenoxy) is 2. The average Bonchev–Trinajstić information content (AvgIpc) is 3.69. The number of pyridine rings is 1. The van der Waals surface area contributed by atoms with Crippen LogP contribution in [0.25, 0.3) is 40.3 Å². The van der Waals surface area contributed by atoms with Gasteiger partial charge in [-0.15, -0.1) is 29.0 Å². The van der Waals surface area contributed by atoms with Crippen molar-refractivity contribution in [3.05, 3.63) is 116 Å². The topological polar surface area (TPSA) is 37.8 Å². The monoisotopic (exact) mass is 749 g/mol. The Balaban J connectivity index is 0.00000276. The van der Waals surface area contributed by atoms with Gasteiger partial charge < -0.3 is 19.3 Å². The summed E-state index contributed by atoms with van der Waals surface area (Å²) in [5.41, 5.74) is 0.947. The molecule has 0 bridgehead atoms. The fourth-order valence-corrected chi connectivity index (χ4v) is 7.32. The van der Waals surface area contributed by atoms with E-state index in [9.17, 15) is 0 Å². The van der Waals surface area contributed by atoms with Crippen molar-refractivity contribution in [2.45, 2.75) is 0 Å². The molecular formula is C33H20N3O2PtS2-3. The molecule has 0 amide bonds. The summed E-state index contributed by atoms with van der Waals surface area (Å²) in [6.07, 6.45) is 5.77. The molecule has 0 unspecified atom stereocenters. The quantitative estimate of drug-likeness (QED) is 0.164. The van der Waals surface area contributed by atoms with E-state index in [2.05, 4.69) is 76.6 Å². The summed E-state index contributed by atoms with van der Waals surface area (Å²) in [5, 5.41) is 4.53. The minimum Gasteiger partial charge on any atom is -0.510 e. The number of nitrogens with zero attached hydrogens (tertiary/aromatic N) is 3. The number of anilines is 1. The van der Waals surface area contributed by atoms with Gasteiger partial charge in [0.15, 0.2) is 0 Å². The van der Waals surface area contributed by atoms with E-state index in [1.807, 2.05) is 55.3 Å². The van der Waals surface area contributed by atoms with Gasteiger partial charge in [-0.2, -0.15) is 6.67 Å². The molecule has 8 rings (SSSR count). The van der Waals surface area contributed by atoms with Gasteiger partial charge in [-0.3, -0.25) is 0 Å². The van der Waals surface area contributed by atoms with E-state index in [0.717, 1.165) is 31.2 Å². The first-order valence-electron chi connectivity index (χ1n) is 12.7. The van der Waals surface area contributed by atoms with Gasteiger partial charge in [0.2, 0.25) is 5.88 Å². The molecule has 0 aliphatic carbocycles. The third-order valence-corrected chi connectivity index (χ3v) is 9.19. The Bertz CT molecular complexity index is 2090. The molecule has 0 spiro atoms. The maximum atomic E-state index is 6.68. The van der Waals surface area contributed by atoms with Gasteiger partial charge in [0.05, 0.1) is 0 Å².